The Bertz CT molecular complexity index is 920. The van der Waals surface area contributed by atoms with E-state index in [2.05, 4.69) is 20.6 Å². The molecule has 7 nitrogen and oxygen atoms in total. The van der Waals surface area contributed by atoms with Gasteiger partial charge >= 0.3 is 0 Å². The molecule has 3 rings (SSSR count). The number of nitrogens with zero attached hydrogens (tertiary/aromatic N) is 2. The van der Waals surface area contributed by atoms with Crippen LogP contribution in [-0.4, -0.2) is 23.0 Å². The molecule has 0 aliphatic heterocycles. The van der Waals surface area contributed by atoms with Crippen LogP contribution in [0.5, 0.6) is 5.75 Å². The number of carbonyl (C=O) groups is 1. The van der Waals surface area contributed by atoms with Crippen LogP contribution in [-0.2, 0) is 6.54 Å². The minimum atomic E-state index is -0.168. The maximum Gasteiger partial charge on any atom is 0.251 e. The van der Waals surface area contributed by atoms with Gasteiger partial charge in [-0.25, -0.2) is 4.98 Å². The maximum absolute atomic E-state index is 12.4. The first-order valence-corrected chi connectivity index (χ1v) is 8.01. The first-order valence-electron chi connectivity index (χ1n) is 8.01. The fourth-order valence-electron chi connectivity index (χ4n) is 2.40. The number of halogens is 1. The van der Waals surface area contributed by atoms with Crippen molar-refractivity contribution in [3.05, 3.63) is 71.9 Å². The Balaban J connectivity index is 0.00000261. The Morgan fingerprint density at radius 2 is 1.96 bits per heavy atom. The third-order valence-electron chi connectivity index (χ3n) is 3.66. The fourth-order valence-corrected chi connectivity index (χ4v) is 2.40. The van der Waals surface area contributed by atoms with E-state index in [4.69, 9.17) is 10.5 Å². The largest absolute Gasteiger partial charge is 0.497 e. The SMILES string of the molecule is COc1cccc(CNC(=O)c2cccc(Nc3ccnc(N)n3)c2)c1.Cl. The predicted molar refractivity (Wildman–Crippen MR) is 108 cm³/mol. The number of ether oxygens (including phenoxy) is 1. The van der Waals surface area contributed by atoms with E-state index in [1.54, 1.807) is 37.6 Å². The number of nitrogens with two attached hydrogens (primary N) is 1. The number of nitrogens with one attached hydrogen (secondary N) is 2. The van der Waals surface area contributed by atoms with Gasteiger partial charge in [-0.2, -0.15) is 4.98 Å². The van der Waals surface area contributed by atoms with Gasteiger partial charge in [0.2, 0.25) is 5.95 Å². The summed E-state index contributed by atoms with van der Waals surface area (Å²) in [7, 11) is 1.61. The third kappa shape index (κ3) is 5.58. The van der Waals surface area contributed by atoms with Crippen LogP contribution in [0.4, 0.5) is 17.5 Å². The molecule has 0 radical (unpaired) electrons. The first-order chi connectivity index (χ1) is 12.6. The Labute approximate surface area is 163 Å². The van der Waals surface area contributed by atoms with Crippen LogP contribution in [0.3, 0.4) is 0 Å². The van der Waals surface area contributed by atoms with E-state index in [9.17, 15) is 4.79 Å². The van der Waals surface area contributed by atoms with E-state index in [0.29, 0.717) is 17.9 Å². The summed E-state index contributed by atoms with van der Waals surface area (Å²) < 4.78 is 5.19. The van der Waals surface area contributed by atoms with Crippen molar-refractivity contribution in [3.8, 4) is 5.75 Å². The summed E-state index contributed by atoms with van der Waals surface area (Å²) in [6, 6.07) is 16.4. The van der Waals surface area contributed by atoms with Gasteiger partial charge in [0.05, 0.1) is 7.11 Å². The molecule has 1 amide bonds. The van der Waals surface area contributed by atoms with Crippen LogP contribution < -0.4 is 21.1 Å². The molecule has 0 atom stereocenters. The summed E-state index contributed by atoms with van der Waals surface area (Å²) in [6.45, 7) is 0.413. The normalized spacial score (nSPS) is 9.81. The van der Waals surface area contributed by atoms with Crippen molar-refractivity contribution in [1.29, 1.82) is 0 Å². The number of benzene rings is 2. The maximum atomic E-state index is 12.4. The van der Waals surface area contributed by atoms with Crippen LogP contribution in [0.25, 0.3) is 0 Å². The third-order valence-corrected chi connectivity index (χ3v) is 3.66. The summed E-state index contributed by atoms with van der Waals surface area (Å²) >= 11 is 0. The number of rotatable bonds is 6. The zero-order valence-electron chi connectivity index (χ0n) is 14.7. The highest BCUT2D eigenvalue weighted by Gasteiger charge is 2.07. The lowest BCUT2D eigenvalue weighted by Gasteiger charge is -2.09. The van der Waals surface area contributed by atoms with Gasteiger partial charge in [-0.15, -0.1) is 12.4 Å². The van der Waals surface area contributed by atoms with E-state index in [0.717, 1.165) is 17.0 Å². The molecular weight excluding hydrogens is 366 g/mol. The zero-order valence-corrected chi connectivity index (χ0v) is 15.5. The Morgan fingerprint density at radius 1 is 1.15 bits per heavy atom. The number of amides is 1. The molecule has 0 fully saturated rings. The van der Waals surface area contributed by atoms with Crippen LogP contribution in [0.2, 0.25) is 0 Å². The summed E-state index contributed by atoms with van der Waals surface area (Å²) in [5.41, 5.74) is 7.81. The van der Waals surface area contributed by atoms with Gasteiger partial charge in [-0.05, 0) is 42.0 Å². The molecule has 0 unspecified atom stereocenters. The lowest BCUT2D eigenvalue weighted by atomic mass is 10.1. The number of anilines is 3. The fraction of sp³-hybridized carbons (Fsp3) is 0.105. The molecule has 27 heavy (non-hydrogen) atoms. The Morgan fingerprint density at radius 3 is 2.74 bits per heavy atom. The highest BCUT2D eigenvalue weighted by atomic mass is 35.5. The summed E-state index contributed by atoms with van der Waals surface area (Å²) in [5.74, 6) is 1.33. The van der Waals surface area contributed by atoms with Gasteiger partial charge in [0, 0.05) is 24.0 Å². The van der Waals surface area contributed by atoms with Crippen LogP contribution in [0.1, 0.15) is 15.9 Å². The topological polar surface area (TPSA) is 102 Å². The quantitative estimate of drug-likeness (QED) is 0.602. The minimum absolute atomic E-state index is 0. The highest BCUT2D eigenvalue weighted by molar-refractivity contribution is 5.95. The monoisotopic (exact) mass is 385 g/mol. The molecule has 1 aromatic heterocycles. The molecule has 8 heteroatoms. The molecule has 140 valence electrons. The van der Waals surface area contributed by atoms with Crippen LogP contribution in [0.15, 0.2) is 60.8 Å². The zero-order chi connectivity index (χ0) is 18.4. The molecule has 3 aromatic rings. The van der Waals surface area contributed by atoms with E-state index in [1.807, 2.05) is 30.3 Å². The average molecular weight is 386 g/mol. The van der Waals surface area contributed by atoms with Crippen molar-refractivity contribution >= 4 is 35.8 Å². The van der Waals surface area contributed by atoms with Gasteiger partial charge in [-0.3, -0.25) is 4.79 Å². The van der Waals surface area contributed by atoms with E-state index >= 15 is 0 Å². The van der Waals surface area contributed by atoms with E-state index < -0.39 is 0 Å². The molecule has 0 aliphatic carbocycles. The standard InChI is InChI=1S/C19H19N5O2.ClH/c1-26-16-7-2-4-13(10-16)12-22-18(25)14-5-3-6-15(11-14)23-17-8-9-21-19(20)24-17;/h2-11H,12H2,1H3,(H,22,25)(H3,20,21,23,24);1H. The number of nitrogen functional groups attached to an aromatic ring is 1. The van der Waals surface area contributed by atoms with Gasteiger partial charge in [0.1, 0.15) is 11.6 Å². The van der Waals surface area contributed by atoms with E-state index in [1.165, 1.54) is 0 Å². The predicted octanol–water partition coefficient (Wildman–Crippen LogP) is 3.16. The second-order valence-corrected chi connectivity index (χ2v) is 5.54. The van der Waals surface area contributed by atoms with Gasteiger partial charge in [-0.1, -0.05) is 18.2 Å². The molecule has 0 spiro atoms. The number of aromatic nitrogens is 2. The van der Waals surface area contributed by atoms with Crippen molar-refractivity contribution in [3.63, 3.8) is 0 Å². The van der Waals surface area contributed by atoms with Crippen LogP contribution in [0, 0.1) is 0 Å². The average Bonchev–Trinajstić information content (AvgIpc) is 2.66. The summed E-state index contributed by atoms with van der Waals surface area (Å²) in [4.78, 5) is 20.3. The highest BCUT2D eigenvalue weighted by Crippen LogP contribution is 2.17. The van der Waals surface area contributed by atoms with Gasteiger partial charge in [0.15, 0.2) is 0 Å². The number of hydrogen-bond acceptors (Lipinski definition) is 6. The molecule has 0 saturated carbocycles. The second kappa shape index (κ2) is 9.40. The molecule has 4 N–H and O–H groups in total. The van der Waals surface area contributed by atoms with Crippen LogP contribution >= 0.6 is 12.4 Å². The number of hydrogen-bond donors (Lipinski definition) is 3. The van der Waals surface area contributed by atoms with Gasteiger partial charge < -0.3 is 21.1 Å². The number of carbonyl (C=O) groups excluding carboxylic acids is 1. The Hall–Kier alpha value is -3.32. The lowest BCUT2D eigenvalue weighted by molar-refractivity contribution is 0.0951. The first kappa shape index (κ1) is 20.0. The molecular formula is C19H20ClN5O2. The van der Waals surface area contributed by atoms with Crippen molar-refractivity contribution in [1.82, 2.24) is 15.3 Å². The Kier molecular flexibility index (Phi) is 6.96. The summed E-state index contributed by atoms with van der Waals surface area (Å²) in [6.07, 6.45) is 1.56. The van der Waals surface area contributed by atoms with Crippen molar-refractivity contribution in [2.45, 2.75) is 6.54 Å². The molecule has 0 bridgehead atoms. The minimum Gasteiger partial charge on any atom is -0.497 e. The smallest absolute Gasteiger partial charge is 0.251 e. The van der Waals surface area contributed by atoms with Crippen molar-refractivity contribution in [2.24, 2.45) is 0 Å². The van der Waals surface area contributed by atoms with Crippen molar-refractivity contribution in [2.75, 3.05) is 18.2 Å². The number of methoxy groups -OCH3 is 1. The second-order valence-electron chi connectivity index (χ2n) is 5.54. The lowest BCUT2D eigenvalue weighted by Crippen LogP contribution is -2.22. The van der Waals surface area contributed by atoms with Gasteiger partial charge in [0.25, 0.3) is 5.91 Å². The molecule has 2 aromatic carbocycles. The van der Waals surface area contributed by atoms with E-state index in [-0.39, 0.29) is 24.3 Å². The molecule has 1 heterocycles. The summed E-state index contributed by atoms with van der Waals surface area (Å²) in [5, 5.41) is 6.00. The van der Waals surface area contributed by atoms with Crippen molar-refractivity contribution < 1.29 is 9.53 Å². The molecule has 0 saturated heterocycles. The molecule has 0 aliphatic rings.